The molecule has 2 amide bonds. The van der Waals surface area contributed by atoms with Crippen molar-refractivity contribution in [1.82, 2.24) is 0 Å². The topological polar surface area (TPSA) is 75.7 Å². The lowest BCUT2D eigenvalue weighted by atomic mass is 10.2. The number of amides is 2. The highest BCUT2D eigenvalue weighted by molar-refractivity contribution is 8.00. The number of hydrogen-bond acceptors (Lipinski definition) is 6. The molecule has 2 heterocycles. The van der Waals surface area contributed by atoms with Gasteiger partial charge >= 0.3 is 5.97 Å². The number of carbonyl (C=O) groups excluding carboxylic acids is 3. The maximum Gasteiger partial charge on any atom is 0.341 e. The summed E-state index contributed by atoms with van der Waals surface area (Å²) in [4.78, 5) is 40.6. The lowest BCUT2D eigenvalue weighted by Gasteiger charge is -2.28. The Morgan fingerprint density at radius 2 is 2.04 bits per heavy atom. The second-order valence-electron chi connectivity index (χ2n) is 6.13. The van der Waals surface area contributed by atoms with E-state index in [1.807, 2.05) is 31.2 Å². The standard InChI is InChI=1S/C20H22N2O4S2/c1-3-13-11-14(20(25)26-4-2)19(28-13)21-17(23)9-10-22-15-7-5-6-8-16(15)27-12-18(22)24/h5-8,11H,3-4,9-10,12H2,1-2H3,(H,21,23). The molecule has 6 nitrogen and oxygen atoms in total. The van der Waals surface area contributed by atoms with Crippen LogP contribution in [0.1, 0.15) is 35.5 Å². The van der Waals surface area contributed by atoms with E-state index in [4.69, 9.17) is 4.74 Å². The SMILES string of the molecule is CCOC(=O)c1cc(CC)sc1NC(=O)CCN1C(=O)CSc2ccccc21. The molecule has 0 unspecified atom stereocenters. The number of rotatable bonds is 7. The van der Waals surface area contributed by atoms with Crippen molar-refractivity contribution in [2.75, 3.05) is 29.1 Å². The molecule has 148 valence electrons. The van der Waals surface area contributed by atoms with Crippen molar-refractivity contribution in [3.63, 3.8) is 0 Å². The largest absolute Gasteiger partial charge is 0.462 e. The molecular weight excluding hydrogens is 396 g/mol. The van der Waals surface area contributed by atoms with Crippen LogP contribution < -0.4 is 10.2 Å². The summed E-state index contributed by atoms with van der Waals surface area (Å²) in [6.07, 6.45) is 0.913. The molecule has 0 aliphatic carbocycles. The Balaban J connectivity index is 1.68. The number of thiophene rings is 1. The van der Waals surface area contributed by atoms with Gasteiger partial charge in [0.2, 0.25) is 11.8 Å². The smallest absolute Gasteiger partial charge is 0.341 e. The molecule has 1 N–H and O–H groups in total. The lowest BCUT2D eigenvalue weighted by Crippen LogP contribution is -2.37. The van der Waals surface area contributed by atoms with Gasteiger partial charge < -0.3 is 15.0 Å². The molecule has 0 fully saturated rings. The van der Waals surface area contributed by atoms with Gasteiger partial charge in [-0.15, -0.1) is 23.1 Å². The minimum absolute atomic E-state index is 0.00638. The van der Waals surface area contributed by atoms with Gasteiger partial charge in [0.25, 0.3) is 0 Å². The van der Waals surface area contributed by atoms with Crippen molar-refractivity contribution in [2.24, 2.45) is 0 Å². The summed E-state index contributed by atoms with van der Waals surface area (Å²) >= 11 is 2.89. The van der Waals surface area contributed by atoms with Crippen LogP contribution in [0.15, 0.2) is 35.2 Å². The number of fused-ring (bicyclic) bond motifs is 1. The quantitative estimate of drug-likeness (QED) is 0.689. The molecule has 2 aromatic rings. The van der Waals surface area contributed by atoms with Gasteiger partial charge in [-0.05, 0) is 31.5 Å². The maximum atomic E-state index is 12.5. The van der Waals surface area contributed by atoms with Crippen molar-refractivity contribution in [3.05, 3.63) is 40.8 Å². The molecule has 3 rings (SSSR count). The molecule has 0 saturated heterocycles. The van der Waals surface area contributed by atoms with Crippen LogP contribution in [0.25, 0.3) is 0 Å². The minimum Gasteiger partial charge on any atom is -0.462 e. The van der Waals surface area contributed by atoms with Crippen molar-refractivity contribution < 1.29 is 19.1 Å². The van der Waals surface area contributed by atoms with E-state index in [2.05, 4.69) is 5.32 Å². The van der Waals surface area contributed by atoms with E-state index in [0.717, 1.165) is 21.9 Å². The Labute approximate surface area is 172 Å². The van der Waals surface area contributed by atoms with E-state index in [1.165, 1.54) is 23.1 Å². The molecule has 0 atom stereocenters. The van der Waals surface area contributed by atoms with Gasteiger partial charge in [0.1, 0.15) is 5.00 Å². The van der Waals surface area contributed by atoms with E-state index in [9.17, 15) is 14.4 Å². The number of esters is 1. The Hall–Kier alpha value is -2.32. The third-order valence-electron chi connectivity index (χ3n) is 4.25. The molecule has 1 aliphatic heterocycles. The summed E-state index contributed by atoms with van der Waals surface area (Å²) in [5, 5.41) is 3.32. The van der Waals surface area contributed by atoms with E-state index in [-0.39, 0.29) is 24.8 Å². The number of ether oxygens (including phenoxy) is 1. The molecule has 0 bridgehead atoms. The van der Waals surface area contributed by atoms with Crippen LogP contribution in [0.5, 0.6) is 0 Å². The van der Waals surface area contributed by atoms with E-state index < -0.39 is 5.97 Å². The third-order valence-corrected chi connectivity index (χ3v) is 6.49. The first-order valence-corrected chi connectivity index (χ1v) is 11.0. The fourth-order valence-corrected chi connectivity index (χ4v) is 4.81. The van der Waals surface area contributed by atoms with Gasteiger partial charge in [-0.1, -0.05) is 19.1 Å². The first-order chi connectivity index (χ1) is 13.5. The van der Waals surface area contributed by atoms with Gasteiger partial charge in [0, 0.05) is 22.7 Å². The zero-order valence-electron chi connectivity index (χ0n) is 15.8. The molecule has 28 heavy (non-hydrogen) atoms. The Morgan fingerprint density at radius 3 is 2.79 bits per heavy atom. The summed E-state index contributed by atoms with van der Waals surface area (Å²) in [5.41, 5.74) is 1.22. The van der Waals surface area contributed by atoms with Gasteiger partial charge in [-0.25, -0.2) is 4.79 Å². The average Bonchev–Trinajstić information content (AvgIpc) is 3.10. The van der Waals surface area contributed by atoms with Crippen LogP contribution >= 0.6 is 23.1 Å². The second-order valence-corrected chi connectivity index (χ2v) is 8.28. The van der Waals surface area contributed by atoms with Crippen molar-refractivity contribution in [2.45, 2.75) is 31.6 Å². The fraction of sp³-hybridized carbons (Fsp3) is 0.350. The molecule has 0 radical (unpaired) electrons. The number of benzene rings is 1. The number of nitrogens with one attached hydrogen (secondary N) is 1. The van der Waals surface area contributed by atoms with E-state index in [0.29, 0.717) is 22.9 Å². The predicted molar refractivity (Wildman–Crippen MR) is 112 cm³/mol. The van der Waals surface area contributed by atoms with E-state index in [1.54, 1.807) is 17.9 Å². The zero-order valence-corrected chi connectivity index (χ0v) is 17.5. The first kappa shape index (κ1) is 20.4. The van der Waals surface area contributed by atoms with Gasteiger partial charge in [0.05, 0.1) is 23.6 Å². The highest BCUT2D eigenvalue weighted by Crippen LogP contribution is 2.35. The van der Waals surface area contributed by atoms with Crippen LogP contribution in [-0.4, -0.2) is 36.7 Å². The number of thioether (sulfide) groups is 1. The number of para-hydroxylation sites is 1. The summed E-state index contributed by atoms with van der Waals surface area (Å²) in [5.74, 6) is -0.311. The first-order valence-electron chi connectivity index (χ1n) is 9.15. The average molecular weight is 419 g/mol. The van der Waals surface area contributed by atoms with Crippen LogP contribution in [0.3, 0.4) is 0 Å². The van der Waals surface area contributed by atoms with Crippen LogP contribution in [0.2, 0.25) is 0 Å². The molecular formula is C20H22N2O4S2. The summed E-state index contributed by atoms with van der Waals surface area (Å²) in [6.45, 7) is 4.31. The highest BCUT2D eigenvalue weighted by Gasteiger charge is 2.25. The van der Waals surface area contributed by atoms with Crippen molar-refractivity contribution in [3.8, 4) is 0 Å². The van der Waals surface area contributed by atoms with Gasteiger partial charge in [0.15, 0.2) is 0 Å². The number of hydrogen-bond donors (Lipinski definition) is 1. The second kappa shape index (κ2) is 9.25. The lowest BCUT2D eigenvalue weighted by molar-refractivity contribution is -0.117. The number of carbonyl (C=O) groups is 3. The number of aryl methyl sites for hydroxylation is 1. The maximum absolute atomic E-state index is 12.5. The minimum atomic E-state index is -0.439. The Kier molecular flexibility index (Phi) is 6.74. The van der Waals surface area contributed by atoms with E-state index >= 15 is 0 Å². The summed E-state index contributed by atoms with van der Waals surface area (Å²) < 4.78 is 5.08. The number of nitrogens with zero attached hydrogens (tertiary/aromatic N) is 1. The fourth-order valence-electron chi connectivity index (χ4n) is 2.87. The number of anilines is 2. The van der Waals surface area contributed by atoms with Gasteiger partial charge in [-0.2, -0.15) is 0 Å². The van der Waals surface area contributed by atoms with Gasteiger partial charge in [-0.3, -0.25) is 9.59 Å². The molecule has 1 aromatic heterocycles. The summed E-state index contributed by atoms with van der Waals surface area (Å²) in [6, 6.07) is 9.45. The Morgan fingerprint density at radius 1 is 1.25 bits per heavy atom. The molecule has 1 aliphatic rings. The van der Waals surface area contributed by atoms with Crippen LogP contribution in [-0.2, 0) is 20.7 Å². The Bertz CT molecular complexity index is 894. The molecule has 0 saturated carbocycles. The molecule has 1 aromatic carbocycles. The van der Waals surface area contributed by atoms with Crippen LogP contribution in [0, 0.1) is 0 Å². The predicted octanol–water partition coefficient (Wildman–Crippen LogP) is 3.95. The zero-order chi connectivity index (χ0) is 20.1. The van der Waals surface area contributed by atoms with Crippen molar-refractivity contribution >= 4 is 51.6 Å². The normalized spacial score (nSPS) is 13.2. The monoisotopic (exact) mass is 418 g/mol. The summed E-state index contributed by atoms with van der Waals surface area (Å²) in [7, 11) is 0. The van der Waals surface area contributed by atoms with Crippen molar-refractivity contribution in [1.29, 1.82) is 0 Å². The molecule has 8 heteroatoms. The van der Waals surface area contributed by atoms with Crippen LogP contribution in [0.4, 0.5) is 10.7 Å². The third kappa shape index (κ3) is 4.56. The molecule has 0 spiro atoms. The highest BCUT2D eigenvalue weighted by atomic mass is 32.2.